The van der Waals surface area contributed by atoms with E-state index in [2.05, 4.69) is 9.47 Å². The zero-order valence-corrected chi connectivity index (χ0v) is 12.3. The van der Waals surface area contributed by atoms with Gasteiger partial charge in [0.2, 0.25) is 0 Å². The van der Waals surface area contributed by atoms with Gasteiger partial charge in [0.05, 0.1) is 0 Å². The average molecular weight is 282 g/mol. The fourth-order valence-corrected chi connectivity index (χ4v) is 3.57. The summed E-state index contributed by atoms with van der Waals surface area (Å²) < 4.78 is 8.55. The largest absolute Gasteiger partial charge is 0.451 e. The lowest BCUT2D eigenvalue weighted by molar-refractivity contribution is -0.174. The zero-order chi connectivity index (χ0) is 14.2. The summed E-state index contributed by atoms with van der Waals surface area (Å²) in [4.78, 5) is 20.2. The van der Waals surface area contributed by atoms with E-state index in [1.807, 2.05) is 0 Å². The Labute approximate surface area is 121 Å². The molecule has 0 atom stereocenters. The molecule has 20 heavy (non-hydrogen) atoms. The number of hydrogen-bond acceptors (Lipinski definition) is 4. The van der Waals surface area contributed by atoms with Crippen molar-refractivity contribution in [1.29, 1.82) is 0 Å². The predicted molar refractivity (Wildman–Crippen MR) is 75.1 cm³/mol. The van der Waals surface area contributed by atoms with Crippen molar-refractivity contribution in [1.82, 2.24) is 0 Å². The van der Waals surface area contributed by atoms with Gasteiger partial charge in [-0.2, -0.15) is 0 Å². The normalized spacial score (nSPS) is 25.2. The van der Waals surface area contributed by atoms with Crippen LogP contribution in [-0.2, 0) is 19.1 Å². The van der Waals surface area contributed by atoms with Gasteiger partial charge in [-0.1, -0.05) is 64.2 Å². The summed E-state index contributed by atoms with van der Waals surface area (Å²) >= 11 is 0. The molecule has 3 fully saturated rings. The Morgan fingerprint density at radius 1 is 0.600 bits per heavy atom. The number of carbonyl (C=O) groups is 2. The topological polar surface area (TPSA) is 52.6 Å². The molecule has 4 nitrogen and oxygen atoms in total. The van der Waals surface area contributed by atoms with Crippen molar-refractivity contribution in [3.05, 3.63) is 0 Å². The first kappa shape index (κ1) is 15.3. The molecule has 0 aromatic rings. The minimum atomic E-state index is -0.482. The maximum absolute atomic E-state index is 10.1. The van der Waals surface area contributed by atoms with E-state index < -0.39 is 11.9 Å². The Balaban J connectivity index is 0.000000160. The summed E-state index contributed by atoms with van der Waals surface area (Å²) in [7, 11) is 0. The zero-order valence-electron chi connectivity index (χ0n) is 12.3. The lowest BCUT2D eigenvalue weighted by Crippen LogP contribution is -2.27. The van der Waals surface area contributed by atoms with E-state index in [-0.39, 0.29) is 13.2 Å². The van der Waals surface area contributed by atoms with Gasteiger partial charge in [-0.3, -0.25) is 0 Å². The number of esters is 2. The fourth-order valence-electron chi connectivity index (χ4n) is 3.57. The highest BCUT2D eigenvalue weighted by atomic mass is 16.6. The van der Waals surface area contributed by atoms with Gasteiger partial charge in [0.25, 0.3) is 0 Å². The van der Waals surface area contributed by atoms with Crippen LogP contribution in [0.15, 0.2) is 0 Å². The van der Waals surface area contributed by atoms with Gasteiger partial charge in [0.1, 0.15) is 0 Å². The average Bonchev–Trinajstić information content (AvgIpc) is 2.53. The van der Waals surface area contributed by atoms with Gasteiger partial charge in [0.15, 0.2) is 13.2 Å². The van der Waals surface area contributed by atoms with Crippen LogP contribution in [0.4, 0.5) is 0 Å². The molecule has 2 saturated carbocycles. The second-order valence-electron chi connectivity index (χ2n) is 6.12. The van der Waals surface area contributed by atoms with Crippen molar-refractivity contribution in [3.8, 4) is 0 Å². The maximum Gasteiger partial charge on any atom is 0.344 e. The Kier molecular flexibility index (Phi) is 6.34. The second-order valence-corrected chi connectivity index (χ2v) is 6.12. The van der Waals surface area contributed by atoms with E-state index in [1.54, 1.807) is 25.7 Å². The molecule has 114 valence electrons. The van der Waals surface area contributed by atoms with Crippen LogP contribution in [0, 0.1) is 11.8 Å². The molecule has 0 N–H and O–H groups in total. The van der Waals surface area contributed by atoms with Crippen molar-refractivity contribution in [2.75, 3.05) is 13.2 Å². The summed E-state index contributed by atoms with van der Waals surface area (Å²) in [5.41, 5.74) is 0. The molecule has 1 aliphatic heterocycles. The third kappa shape index (κ3) is 5.14. The molecular formula is C16H26O4. The number of ether oxygens (including phenoxy) is 2. The van der Waals surface area contributed by atoms with Crippen molar-refractivity contribution in [2.24, 2.45) is 11.8 Å². The van der Waals surface area contributed by atoms with E-state index in [4.69, 9.17) is 0 Å². The van der Waals surface area contributed by atoms with Gasteiger partial charge in [-0.25, -0.2) is 9.59 Å². The van der Waals surface area contributed by atoms with Crippen LogP contribution in [0.3, 0.4) is 0 Å². The summed E-state index contributed by atoms with van der Waals surface area (Å²) in [6, 6.07) is 0. The Hall–Kier alpha value is -1.06. The van der Waals surface area contributed by atoms with Gasteiger partial charge in [0, 0.05) is 0 Å². The number of cyclic esters (lactones) is 2. The van der Waals surface area contributed by atoms with E-state index in [9.17, 15) is 9.59 Å². The van der Waals surface area contributed by atoms with Crippen LogP contribution in [0.2, 0.25) is 0 Å². The third-order valence-corrected chi connectivity index (χ3v) is 4.67. The van der Waals surface area contributed by atoms with E-state index in [0.29, 0.717) is 0 Å². The molecular weight excluding hydrogens is 256 g/mol. The molecule has 4 heteroatoms. The molecule has 0 aromatic carbocycles. The van der Waals surface area contributed by atoms with Crippen molar-refractivity contribution in [3.63, 3.8) is 0 Å². The smallest absolute Gasteiger partial charge is 0.344 e. The number of carbonyl (C=O) groups excluding carboxylic acids is 2. The van der Waals surface area contributed by atoms with Gasteiger partial charge < -0.3 is 9.47 Å². The first-order valence-corrected chi connectivity index (χ1v) is 8.07. The van der Waals surface area contributed by atoms with Crippen LogP contribution >= 0.6 is 0 Å². The first-order valence-electron chi connectivity index (χ1n) is 8.07. The highest BCUT2D eigenvalue weighted by molar-refractivity contribution is 5.82. The van der Waals surface area contributed by atoms with E-state index in [0.717, 1.165) is 11.8 Å². The van der Waals surface area contributed by atoms with Gasteiger partial charge >= 0.3 is 11.9 Å². The lowest BCUT2D eigenvalue weighted by Gasteiger charge is -2.32. The SMILES string of the molecule is C1CCC(C2CCCCC2)CC1.O=C1COC(=O)CO1. The first-order chi connectivity index (χ1) is 9.75. The third-order valence-electron chi connectivity index (χ3n) is 4.67. The number of rotatable bonds is 1. The maximum atomic E-state index is 10.1. The monoisotopic (exact) mass is 282 g/mol. The van der Waals surface area contributed by atoms with Crippen molar-refractivity contribution >= 4 is 11.9 Å². The van der Waals surface area contributed by atoms with Gasteiger partial charge in [-0.05, 0) is 11.8 Å². The summed E-state index contributed by atoms with van der Waals surface area (Å²) in [6.45, 7) is -0.475. The Bertz CT molecular complexity index is 270. The van der Waals surface area contributed by atoms with Crippen LogP contribution in [0.5, 0.6) is 0 Å². The predicted octanol–water partition coefficient (Wildman–Crippen LogP) is 3.23. The fraction of sp³-hybridized carbons (Fsp3) is 0.875. The summed E-state index contributed by atoms with van der Waals surface area (Å²) in [6.07, 6.45) is 15.4. The summed E-state index contributed by atoms with van der Waals surface area (Å²) in [5, 5.41) is 0. The van der Waals surface area contributed by atoms with Crippen LogP contribution < -0.4 is 0 Å². The van der Waals surface area contributed by atoms with Crippen LogP contribution in [0.25, 0.3) is 0 Å². The molecule has 0 spiro atoms. The Morgan fingerprint density at radius 2 is 0.950 bits per heavy atom. The minimum absolute atomic E-state index is 0.237. The number of hydrogen-bond donors (Lipinski definition) is 0. The molecule has 0 bridgehead atoms. The van der Waals surface area contributed by atoms with Crippen molar-refractivity contribution < 1.29 is 19.1 Å². The lowest BCUT2D eigenvalue weighted by atomic mass is 9.73. The van der Waals surface area contributed by atoms with Crippen molar-refractivity contribution in [2.45, 2.75) is 64.2 Å². The Morgan fingerprint density at radius 3 is 1.25 bits per heavy atom. The highest BCUT2D eigenvalue weighted by Crippen LogP contribution is 2.37. The van der Waals surface area contributed by atoms with Gasteiger partial charge in [-0.15, -0.1) is 0 Å². The molecule has 0 amide bonds. The van der Waals surface area contributed by atoms with Crippen LogP contribution in [0.1, 0.15) is 64.2 Å². The molecule has 0 aromatic heterocycles. The minimum Gasteiger partial charge on any atom is -0.451 e. The van der Waals surface area contributed by atoms with Crippen LogP contribution in [-0.4, -0.2) is 25.2 Å². The molecule has 3 rings (SSSR count). The highest BCUT2D eigenvalue weighted by Gasteiger charge is 2.24. The molecule has 3 aliphatic rings. The quantitative estimate of drug-likeness (QED) is 0.693. The molecule has 0 radical (unpaired) electrons. The standard InChI is InChI=1S/C12H22.C4H4O4/c1-3-7-11(8-4-1)12-9-5-2-6-10-12;5-3-1-7-4(6)2-8-3/h11-12H,1-10H2;1-2H2. The molecule has 0 unspecified atom stereocenters. The van der Waals surface area contributed by atoms with E-state index >= 15 is 0 Å². The molecule has 2 aliphatic carbocycles. The summed E-state index contributed by atoms with van der Waals surface area (Å²) in [5.74, 6) is 1.31. The second kappa shape index (κ2) is 8.28. The molecule has 1 saturated heterocycles. The van der Waals surface area contributed by atoms with E-state index in [1.165, 1.54) is 38.5 Å². The molecule has 1 heterocycles.